The molecular formula is C27H31BrN4O4S. The van der Waals surface area contributed by atoms with Gasteiger partial charge < -0.3 is 19.5 Å². The number of ether oxygens (including phenoxy) is 3. The van der Waals surface area contributed by atoms with Crippen LogP contribution in [0.25, 0.3) is 0 Å². The van der Waals surface area contributed by atoms with Crippen LogP contribution in [-0.2, 0) is 16.1 Å². The van der Waals surface area contributed by atoms with Crippen LogP contribution >= 0.6 is 27.7 Å². The molecule has 37 heavy (non-hydrogen) atoms. The minimum atomic E-state index is -0.562. The zero-order chi connectivity index (χ0) is 26.5. The molecule has 1 aromatic heterocycles. The van der Waals surface area contributed by atoms with E-state index < -0.39 is 12.0 Å². The number of aryl methyl sites for hydroxylation is 1. The summed E-state index contributed by atoms with van der Waals surface area (Å²) in [5.74, 6) is 2.20. The molecule has 1 atom stereocenters. The Hall–Kier alpha value is -2.98. The molecule has 196 valence electrons. The Morgan fingerprint density at radius 2 is 2.00 bits per heavy atom. The van der Waals surface area contributed by atoms with Gasteiger partial charge in [0.05, 0.1) is 23.8 Å². The number of rotatable bonds is 10. The van der Waals surface area contributed by atoms with E-state index in [9.17, 15) is 4.79 Å². The Morgan fingerprint density at radius 1 is 1.19 bits per heavy atom. The van der Waals surface area contributed by atoms with E-state index in [1.807, 2.05) is 38.1 Å². The van der Waals surface area contributed by atoms with Gasteiger partial charge in [-0.2, -0.15) is 4.98 Å². The zero-order valence-electron chi connectivity index (χ0n) is 21.6. The van der Waals surface area contributed by atoms with E-state index in [1.54, 1.807) is 16.4 Å². The quantitative estimate of drug-likeness (QED) is 0.219. The van der Waals surface area contributed by atoms with Crippen molar-refractivity contribution < 1.29 is 19.0 Å². The first-order valence-corrected chi connectivity index (χ1v) is 13.9. The normalized spacial score (nSPS) is 14.7. The maximum atomic E-state index is 12.9. The molecule has 0 aliphatic carbocycles. The lowest BCUT2D eigenvalue weighted by atomic mass is 9.95. The number of nitrogens with zero attached hydrogens (tertiary/aromatic N) is 3. The molecule has 0 bridgehead atoms. The zero-order valence-corrected chi connectivity index (χ0v) is 24.0. The molecule has 2 heterocycles. The molecule has 1 aliphatic rings. The largest absolute Gasteiger partial charge is 0.490 e. The lowest BCUT2D eigenvalue weighted by Crippen LogP contribution is -2.29. The van der Waals surface area contributed by atoms with Gasteiger partial charge in [0.1, 0.15) is 12.6 Å². The third-order valence-corrected chi connectivity index (χ3v) is 7.42. The number of carbonyl (C=O) groups excluding carboxylic acids is 1. The van der Waals surface area contributed by atoms with Crippen LogP contribution in [0.4, 0.5) is 5.95 Å². The van der Waals surface area contributed by atoms with Gasteiger partial charge in [0.15, 0.2) is 11.5 Å². The molecule has 4 rings (SSSR count). The number of nitrogens with one attached hydrogen (secondary N) is 1. The predicted octanol–water partition coefficient (Wildman–Crippen LogP) is 6.29. The van der Waals surface area contributed by atoms with Gasteiger partial charge in [-0.05, 0) is 66.4 Å². The molecule has 0 spiro atoms. The number of aromatic nitrogens is 3. The van der Waals surface area contributed by atoms with Crippen LogP contribution in [-0.4, -0.2) is 40.2 Å². The van der Waals surface area contributed by atoms with Crippen LogP contribution in [0.5, 0.6) is 11.5 Å². The highest BCUT2D eigenvalue weighted by Gasteiger charge is 2.36. The molecule has 0 radical (unpaired) electrons. The summed E-state index contributed by atoms with van der Waals surface area (Å²) in [5.41, 5.74) is 4.14. The monoisotopic (exact) mass is 586 g/mol. The molecule has 1 aliphatic heterocycles. The van der Waals surface area contributed by atoms with E-state index in [0.29, 0.717) is 51.6 Å². The van der Waals surface area contributed by atoms with Crippen LogP contribution < -0.4 is 14.8 Å². The van der Waals surface area contributed by atoms with Crippen LogP contribution in [0.3, 0.4) is 0 Å². The third kappa shape index (κ3) is 5.96. The summed E-state index contributed by atoms with van der Waals surface area (Å²) >= 11 is 5.27. The second-order valence-corrected chi connectivity index (χ2v) is 10.5. The van der Waals surface area contributed by atoms with E-state index in [4.69, 9.17) is 19.3 Å². The number of anilines is 1. The van der Waals surface area contributed by atoms with Gasteiger partial charge in [0, 0.05) is 11.4 Å². The van der Waals surface area contributed by atoms with E-state index in [1.165, 1.54) is 12.7 Å². The fourth-order valence-corrected chi connectivity index (χ4v) is 5.43. The topological polar surface area (TPSA) is 87.5 Å². The van der Waals surface area contributed by atoms with Gasteiger partial charge in [0.25, 0.3) is 0 Å². The van der Waals surface area contributed by atoms with Gasteiger partial charge in [-0.3, -0.25) is 0 Å². The summed E-state index contributed by atoms with van der Waals surface area (Å²) in [5, 5.41) is 8.60. The minimum absolute atomic E-state index is 0.394. The number of methoxy groups -OCH3 is 1. The summed E-state index contributed by atoms with van der Waals surface area (Å²) < 4.78 is 19.8. The maximum Gasteiger partial charge on any atom is 0.338 e. The lowest BCUT2D eigenvalue weighted by molar-refractivity contribution is -0.136. The number of allylic oxidation sites excluding steroid dienone is 1. The average Bonchev–Trinajstić information content (AvgIpc) is 3.28. The van der Waals surface area contributed by atoms with Crippen molar-refractivity contribution >= 4 is 39.6 Å². The predicted molar refractivity (Wildman–Crippen MR) is 148 cm³/mol. The molecule has 0 saturated heterocycles. The number of carbonyl (C=O) groups is 1. The summed E-state index contributed by atoms with van der Waals surface area (Å²) in [7, 11) is 1.38. The molecule has 0 amide bonds. The standard InChI is InChI=1S/C27H31BrN4O4S/c1-6-11-37-27-30-26-29-17(4)22(25(33)34-5)23(32(26)31-27)19-13-20(28)24(21(14-19)35-7-2)36-15-18-10-8-9-16(3)12-18/h8-10,12-14,23H,6-7,11,15H2,1-5H3,(H,29,30,31). The fraction of sp³-hybridized carbons (Fsp3) is 0.370. The van der Waals surface area contributed by atoms with Crippen LogP contribution in [0, 0.1) is 6.92 Å². The summed E-state index contributed by atoms with van der Waals surface area (Å²) in [6.45, 7) is 8.78. The Bertz CT molecular complexity index is 1320. The second kappa shape index (κ2) is 12.0. The van der Waals surface area contributed by atoms with Crippen molar-refractivity contribution in [2.24, 2.45) is 0 Å². The Kier molecular flexibility index (Phi) is 8.81. The number of thioether (sulfide) groups is 1. The highest BCUT2D eigenvalue weighted by Crippen LogP contribution is 2.43. The highest BCUT2D eigenvalue weighted by atomic mass is 79.9. The summed E-state index contributed by atoms with van der Waals surface area (Å²) in [4.78, 5) is 17.6. The molecule has 10 heteroatoms. The van der Waals surface area contributed by atoms with Crippen LogP contribution in [0.2, 0.25) is 0 Å². The lowest BCUT2D eigenvalue weighted by Gasteiger charge is -2.28. The number of hydrogen-bond donors (Lipinski definition) is 1. The highest BCUT2D eigenvalue weighted by molar-refractivity contribution is 9.10. The van der Waals surface area contributed by atoms with Crippen molar-refractivity contribution in [3.63, 3.8) is 0 Å². The van der Waals surface area contributed by atoms with Crippen molar-refractivity contribution in [3.8, 4) is 11.5 Å². The van der Waals surface area contributed by atoms with Gasteiger partial charge in [-0.15, -0.1) is 5.10 Å². The fourth-order valence-electron chi connectivity index (χ4n) is 4.17. The van der Waals surface area contributed by atoms with E-state index in [-0.39, 0.29) is 0 Å². The molecule has 8 nitrogen and oxygen atoms in total. The first-order chi connectivity index (χ1) is 17.9. The number of halogens is 1. The Labute approximate surface area is 229 Å². The summed E-state index contributed by atoms with van der Waals surface area (Å²) in [6, 6.07) is 11.5. The number of hydrogen-bond acceptors (Lipinski definition) is 8. The maximum absolute atomic E-state index is 12.9. The van der Waals surface area contributed by atoms with Crippen molar-refractivity contribution in [2.75, 3.05) is 24.8 Å². The Morgan fingerprint density at radius 3 is 2.70 bits per heavy atom. The van der Waals surface area contributed by atoms with Crippen molar-refractivity contribution in [1.82, 2.24) is 14.8 Å². The van der Waals surface area contributed by atoms with Crippen molar-refractivity contribution in [1.29, 1.82) is 0 Å². The first-order valence-electron chi connectivity index (χ1n) is 12.2. The SMILES string of the molecule is CCCSc1nc2n(n1)C(c1cc(Br)c(OCc3cccc(C)c3)c(OCC)c1)C(C(=O)OC)=C(C)N2. The van der Waals surface area contributed by atoms with E-state index in [0.717, 1.165) is 23.3 Å². The molecule has 1 N–H and O–H groups in total. The van der Waals surface area contributed by atoms with Crippen LogP contribution in [0.15, 0.2) is 57.3 Å². The number of benzene rings is 2. The van der Waals surface area contributed by atoms with Crippen LogP contribution in [0.1, 0.15) is 49.9 Å². The number of esters is 1. The molecular weight excluding hydrogens is 556 g/mol. The van der Waals surface area contributed by atoms with Gasteiger partial charge in [0.2, 0.25) is 11.1 Å². The second-order valence-electron chi connectivity index (χ2n) is 8.61. The minimum Gasteiger partial charge on any atom is -0.490 e. The Balaban J connectivity index is 1.77. The average molecular weight is 588 g/mol. The number of fused-ring (bicyclic) bond motifs is 1. The smallest absolute Gasteiger partial charge is 0.338 e. The molecule has 3 aromatic rings. The molecule has 2 aromatic carbocycles. The molecule has 0 saturated carbocycles. The third-order valence-electron chi connectivity index (χ3n) is 5.79. The van der Waals surface area contributed by atoms with E-state index in [2.05, 4.69) is 52.2 Å². The molecule has 0 fully saturated rings. The van der Waals surface area contributed by atoms with Gasteiger partial charge in [-0.25, -0.2) is 9.48 Å². The van der Waals surface area contributed by atoms with Gasteiger partial charge in [-0.1, -0.05) is 48.5 Å². The van der Waals surface area contributed by atoms with E-state index >= 15 is 0 Å². The molecule has 1 unspecified atom stereocenters. The van der Waals surface area contributed by atoms with Crippen molar-refractivity contribution in [3.05, 3.63) is 68.8 Å². The van der Waals surface area contributed by atoms with Gasteiger partial charge >= 0.3 is 5.97 Å². The van der Waals surface area contributed by atoms with Crippen molar-refractivity contribution in [2.45, 2.75) is 51.9 Å². The first kappa shape index (κ1) is 27.1. The summed E-state index contributed by atoms with van der Waals surface area (Å²) in [6.07, 6.45) is 1.00.